The van der Waals surface area contributed by atoms with Crippen LogP contribution in [0.5, 0.6) is 0 Å². The van der Waals surface area contributed by atoms with Crippen molar-refractivity contribution in [2.45, 2.75) is 26.9 Å². The molecular weight excluding hydrogens is 184 g/mol. The highest BCUT2D eigenvalue weighted by Crippen LogP contribution is 1.85. The van der Waals surface area contributed by atoms with Gasteiger partial charge < -0.3 is 4.74 Å². The Hall–Kier alpha value is -0.620. The minimum absolute atomic E-state index is 0.0255. The lowest BCUT2D eigenvalue weighted by Crippen LogP contribution is -2.06. The molecule has 0 saturated carbocycles. The fourth-order valence-corrected chi connectivity index (χ4v) is 0.332. The van der Waals surface area contributed by atoms with Gasteiger partial charge >= 0.3 is 5.97 Å². The fraction of sp³-hybridized carbons (Fsp3) is 0.833. The first kappa shape index (κ1) is 13.9. The second-order valence-corrected chi connectivity index (χ2v) is 3.86. The molecule has 0 atom stereocenters. The van der Waals surface area contributed by atoms with Crippen LogP contribution in [0.4, 0.5) is 0 Å². The molecule has 6 heteroatoms. The summed E-state index contributed by atoms with van der Waals surface area (Å²) < 4.78 is 30.5. The third-order valence-corrected chi connectivity index (χ3v) is 0.402. The third kappa shape index (κ3) is 57.7. The molecule has 0 aromatic rings. The smallest absolute Gasteiger partial charge is 0.302 e. The van der Waals surface area contributed by atoms with E-state index < -0.39 is 10.1 Å². The molecule has 0 saturated heterocycles. The van der Waals surface area contributed by atoms with E-state index in [0.717, 1.165) is 0 Å². The summed E-state index contributed by atoms with van der Waals surface area (Å²) in [5.74, 6) is -0.213. The van der Waals surface area contributed by atoms with E-state index in [1.54, 1.807) is 0 Å². The lowest BCUT2D eigenvalue weighted by atomic mass is 10.5. The van der Waals surface area contributed by atoms with Crippen LogP contribution in [0.1, 0.15) is 20.8 Å². The number of rotatable bonds is 1. The predicted octanol–water partition coefficient (Wildman–Crippen LogP) is 0.462. The molecule has 12 heavy (non-hydrogen) atoms. The monoisotopic (exact) mass is 198 g/mol. The van der Waals surface area contributed by atoms with Crippen molar-refractivity contribution in [2.24, 2.45) is 0 Å². The van der Waals surface area contributed by atoms with Gasteiger partial charge in [-0.15, -0.1) is 0 Å². The molecule has 0 unspecified atom stereocenters. The summed E-state index contributed by atoms with van der Waals surface area (Å²) in [6.07, 6.45) is 0.741. The summed E-state index contributed by atoms with van der Waals surface area (Å²) in [4.78, 5) is 10.0. The molecule has 0 aliphatic carbocycles. The molecule has 0 aliphatic heterocycles. The lowest BCUT2D eigenvalue weighted by Gasteiger charge is -2.01. The van der Waals surface area contributed by atoms with Crippen molar-refractivity contribution in [1.82, 2.24) is 0 Å². The van der Waals surface area contributed by atoms with Crippen molar-refractivity contribution in [1.29, 1.82) is 0 Å². The molecular formula is C6H14O5S. The summed E-state index contributed by atoms with van der Waals surface area (Å²) >= 11 is 0. The second-order valence-electron chi connectivity index (χ2n) is 2.39. The van der Waals surface area contributed by atoms with E-state index in [9.17, 15) is 13.2 Å². The maximum absolute atomic E-state index is 10.0. The van der Waals surface area contributed by atoms with E-state index >= 15 is 0 Å². The zero-order chi connectivity index (χ0) is 10.4. The Morgan fingerprint density at radius 3 is 1.67 bits per heavy atom. The molecule has 0 aliphatic rings. The van der Waals surface area contributed by atoms with Crippen molar-refractivity contribution in [3.63, 3.8) is 0 Å². The standard InChI is InChI=1S/C5H10O2.CH4O3S/c1-4(2)7-5(3)6;1-5(2,3)4/h4H,1-3H3;1H3,(H,2,3,4). The Bertz CT molecular complexity index is 208. The number of esters is 1. The van der Waals surface area contributed by atoms with Crippen LogP contribution >= 0.6 is 0 Å². The first-order valence-electron chi connectivity index (χ1n) is 3.22. The van der Waals surface area contributed by atoms with E-state index in [2.05, 4.69) is 4.74 Å². The average Bonchev–Trinajstić information content (AvgIpc) is 1.52. The number of hydrogen-bond acceptors (Lipinski definition) is 4. The molecule has 0 radical (unpaired) electrons. The van der Waals surface area contributed by atoms with Crippen molar-refractivity contribution < 1.29 is 22.5 Å². The van der Waals surface area contributed by atoms with Crippen LogP contribution in [0.15, 0.2) is 0 Å². The zero-order valence-corrected chi connectivity index (χ0v) is 8.38. The van der Waals surface area contributed by atoms with Gasteiger partial charge in [-0.2, -0.15) is 8.42 Å². The first-order chi connectivity index (χ1) is 5.13. The highest BCUT2D eigenvalue weighted by atomic mass is 32.2. The average molecular weight is 198 g/mol. The molecule has 0 heterocycles. The molecule has 0 aromatic heterocycles. The summed E-state index contributed by atoms with van der Waals surface area (Å²) in [6, 6.07) is 0. The maximum atomic E-state index is 10.0. The highest BCUT2D eigenvalue weighted by Gasteiger charge is 1.93. The van der Waals surface area contributed by atoms with Gasteiger partial charge in [0.2, 0.25) is 0 Å². The molecule has 0 rings (SSSR count). The molecule has 0 bridgehead atoms. The number of ether oxygens (including phenoxy) is 1. The molecule has 0 spiro atoms. The van der Waals surface area contributed by atoms with E-state index in [4.69, 9.17) is 4.55 Å². The number of carbonyl (C=O) groups excluding carboxylic acids is 1. The molecule has 5 nitrogen and oxygen atoms in total. The van der Waals surface area contributed by atoms with Crippen molar-refractivity contribution >= 4 is 16.1 Å². The molecule has 1 N–H and O–H groups in total. The van der Waals surface area contributed by atoms with Gasteiger partial charge in [-0.25, -0.2) is 0 Å². The Balaban J connectivity index is 0. The van der Waals surface area contributed by atoms with Gasteiger partial charge in [0.05, 0.1) is 12.4 Å². The van der Waals surface area contributed by atoms with E-state index in [1.807, 2.05) is 13.8 Å². The van der Waals surface area contributed by atoms with Gasteiger partial charge in [-0.3, -0.25) is 9.35 Å². The topological polar surface area (TPSA) is 80.7 Å². The Kier molecular flexibility index (Phi) is 6.92. The summed E-state index contributed by atoms with van der Waals surface area (Å²) in [6.45, 7) is 5.04. The van der Waals surface area contributed by atoms with Crippen LogP contribution < -0.4 is 0 Å². The van der Waals surface area contributed by atoms with Crippen molar-refractivity contribution in [2.75, 3.05) is 6.26 Å². The quantitative estimate of drug-likeness (QED) is 0.489. The molecule has 0 fully saturated rings. The first-order valence-corrected chi connectivity index (χ1v) is 5.07. The van der Waals surface area contributed by atoms with E-state index in [0.29, 0.717) is 6.26 Å². The van der Waals surface area contributed by atoms with Gasteiger partial charge in [0.15, 0.2) is 0 Å². The van der Waals surface area contributed by atoms with Crippen molar-refractivity contribution in [3.05, 3.63) is 0 Å². The minimum Gasteiger partial charge on any atom is -0.463 e. The number of carbonyl (C=O) groups is 1. The summed E-state index contributed by atoms with van der Waals surface area (Å²) in [7, 11) is -3.67. The van der Waals surface area contributed by atoms with Gasteiger partial charge in [-0.1, -0.05) is 0 Å². The third-order valence-electron chi connectivity index (χ3n) is 0.402. The van der Waals surface area contributed by atoms with Gasteiger partial charge in [0, 0.05) is 6.92 Å². The summed E-state index contributed by atoms with van der Waals surface area (Å²) in [5.41, 5.74) is 0. The maximum Gasteiger partial charge on any atom is 0.302 e. The Labute approximate surface area is 72.5 Å². The Morgan fingerprint density at radius 1 is 1.42 bits per heavy atom. The number of hydrogen-bond donors (Lipinski definition) is 1. The van der Waals surface area contributed by atoms with E-state index in [-0.39, 0.29) is 12.1 Å². The van der Waals surface area contributed by atoms with Crippen LogP contribution in [0.3, 0.4) is 0 Å². The predicted molar refractivity (Wildman–Crippen MR) is 44.4 cm³/mol. The fourth-order valence-electron chi connectivity index (χ4n) is 0.332. The molecule has 0 amide bonds. The van der Waals surface area contributed by atoms with Gasteiger partial charge in [0.25, 0.3) is 10.1 Å². The molecule has 0 aromatic carbocycles. The highest BCUT2D eigenvalue weighted by molar-refractivity contribution is 7.85. The SMILES string of the molecule is CC(=O)OC(C)C.CS(=O)(=O)O. The van der Waals surface area contributed by atoms with Gasteiger partial charge in [0.1, 0.15) is 0 Å². The van der Waals surface area contributed by atoms with Crippen LogP contribution in [-0.4, -0.2) is 31.3 Å². The normalized spacial score (nSPS) is 10.2. The van der Waals surface area contributed by atoms with Crippen LogP contribution in [0.25, 0.3) is 0 Å². The van der Waals surface area contributed by atoms with Crippen molar-refractivity contribution in [3.8, 4) is 0 Å². The Morgan fingerprint density at radius 2 is 1.67 bits per heavy atom. The minimum atomic E-state index is -3.67. The largest absolute Gasteiger partial charge is 0.463 e. The lowest BCUT2D eigenvalue weighted by molar-refractivity contribution is -0.144. The van der Waals surface area contributed by atoms with Crippen LogP contribution in [0, 0.1) is 0 Å². The van der Waals surface area contributed by atoms with Gasteiger partial charge in [-0.05, 0) is 13.8 Å². The van der Waals surface area contributed by atoms with Crippen LogP contribution in [0.2, 0.25) is 0 Å². The van der Waals surface area contributed by atoms with Crippen LogP contribution in [-0.2, 0) is 19.6 Å². The zero-order valence-electron chi connectivity index (χ0n) is 7.57. The second kappa shape index (κ2) is 5.96. The van der Waals surface area contributed by atoms with E-state index in [1.165, 1.54) is 6.92 Å². The molecule has 74 valence electrons. The summed E-state index contributed by atoms with van der Waals surface area (Å²) in [5, 5.41) is 0.